The van der Waals surface area contributed by atoms with Gasteiger partial charge in [0, 0.05) is 24.5 Å². The van der Waals surface area contributed by atoms with Crippen molar-refractivity contribution in [3.63, 3.8) is 0 Å². The number of hydrogen-bond donors (Lipinski definition) is 1. The molecule has 0 bridgehead atoms. The molecule has 0 heterocycles. The maximum Gasteiger partial charge on any atom is 0.143 e. The highest BCUT2D eigenvalue weighted by molar-refractivity contribution is 5.68. The van der Waals surface area contributed by atoms with Gasteiger partial charge < -0.3 is 15.4 Å². The average Bonchev–Trinajstić information content (AvgIpc) is 2.38. The number of ether oxygens (including phenoxy) is 1. The standard InChI is InChI=1S/C15H18N2O/c1-11-5-4-6-12(9-11)17(2)13-7-8-14(16)15(10-13)18-3/h4-10H,16H2,1-3H3. The minimum Gasteiger partial charge on any atom is -0.495 e. The number of nitrogens with two attached hydrogens (primary N) is 1. The number of benzene rings is 2. The zero-order valence-electron chi connectivity index (χ0n) is 11.0. The summed E-state index contributed by atoms with van der Waals surface area (Å²) in [5.41, 5.74) is 9.90. The summed E-state index contributed by atoms with van der Waals surface area (Å²) in [4.78, 5) is 2.11. The number of nitrogens with zero attached hydrogens (tertiary/aromatic N) is 1. The average molecular weight is 242 g/mol. The molecule has 2 aromatic rings. The first kappa shape index (κ1) is 12.3. The molecule has 2 rings (SSSR count). The molecule has 2 aromatic carbocycles. The summed E-state index contributed by atoms with van der Waals surface area (Å²) in [5.74, 6) is 0.701. The number of nitrogen functional groups attached to an aromatic ring is 1. The zero-order chi connectivity index (χ0) is 13.1. The third-order valence-electron chi connectivity index (χ3n) is 2.99. The highest BCUT2D eigenvalue weighted by Crippen LogP contribution is 2.30. The molecule has 0 aromatic heterocycles. The summed E-state index contributed by atoms with van der Waals surface area (Å²) < 4.78 is 5.24. The van der Waals surface area contributed by atoms with Gasteiger partial charge in [-0.05, 0) is 36.8 Å². The molecule has 94 valence electrons. The predicted octanol–water partition coefficient (Wildman–Crippen LogP) is 3.35. The van der Waals surface area contributed by atoms with Crippen LogP contribution < -0.4 is 15.4 Å². The number of aryl methyl sites for hydroxylation is 1. The van der Waals surface area contributed by atoms with E-state index in [4.69, 9.17) is 10.5 Å². The minimum absolute atomic E-state index is 0.652. The summed E-state index contributed by atoms with van der Waals surface area (Å²) >= 11 is 0. The third kappa shape index (κ3) is 2.40. The first-order chi connectivity index (χ1) is 8.61. The molecule has 0 spiro atoms. The summed E-state index contributed by atoms with van der Waals surface area (Å²) in [6, 6.07) is 14.1. The Morgan fingerprint density at radius 3 is 2.44 bits per heavy atom. The Balaban J connectivity index is 2.36. The first-order valence-corrected chi connectivity index (χ1v) is 5.85. The second kappa shape index (κ2) is 5.00. The normalized spacial score (nSPS) is 10.2. The van der Waals surface area contributed by atoms with Crippen molar-refractivity contribution in [1.82, 2.24) is 0 Å². The van der Waals surface area contributed by atoms with Crippen LogP contribution in [0.25, 0.3) is 0 Å². The SMILES string of the molecule is COc1cc(N(C)c2cccc(C)c2)ccc1N. The first-order valence-electron chi connectivity index (χ1n) is 5.85. The maximum absolute atomic E-state index is 5.82. The Kier molecular flexibility index (Phi) is 3.42. The summed E-state index contributed by atoms with van der Waals surface area (Å²) in [6.07, 6.45) is 0. The van der Waals surface area contributed by atoms with Crippen molar-refractivity contribution in [3.05, 3.63) is 48.0 Å². The van der Waals surface area contributed by atoms with Crippen LogP contribution >= 0.6 is 0 Å². The highest BCUT2D eigenvalue weighted by atomic mass is 16.5. The van der Waals surface area contributed by atoms with Crippen LogP contribution in [0.5, 0.6) is 5.75 Å². The molecule has 3 nitrogen and oxygen atoms in total. The second-order valence-corrected chi connectivity index (χ2v) is 4.32. The third-order valence-corrected chi connectivity index (χ3v) is 2.99. The van der Waals surface area contributed by atoms with Crippen LogP contribution in [0.4, 0.5) is 17.1 Å². The molecule has 0 radical (unpaired) electrons. The lowest BCUT2D eigenvalue weighted by molar-refractivity contribution is 0.417. The van der Waals surface area contributed by atoms with Crippen LogP contribution in [0.3, 0.4) is 0 Å². The predicted molar refractivity (Wildman–Crippen MR) is 76.6 cm³/mol. The van der Waals surface area contributed by atoms with Gasteiger partial charge in [0.1, 0.15) is 5.75 Å². The van der Waals surface area contributed by atoms with Gasteiger partial charge in [0.05, 0.1) is 12.8 Å². The van der Waals surface area contributed by atoms with Crippen molar-refractivity contribution in [2.45, 2.75) is 6.92 Å². The zero-order valence-corrected chi connectivity index (χ0v) is 11.0. The molecule has 0 saturated carbocycles. The van der Waals surface area contributed by atoms with E-state index in [1.165, 1.54) is 5.56 Å². The maximum atomic E-state index is 5.82. The lowest BCUT2D eigenvalue weighted by Crippen LogP contribution is -2.09. The van der Waals surface area contributed by atoms with Gasteiger partial charge in [-0.15, -0.1) is 0 Å². The Bertz CT molecular complexity index is 552. The van der Waals surface area contributed by atoms with Gasteiger partial charge in [0.25, 0.3) is 0 Å². The van der Waals surface area contributed by atoms with Crippen LogP contribution in [0.15, 0.2) is 42.5 Å². The van der Waals surface area contributed by atoms with Crippen molar-refractivity contribution in [2.75, 3.05) is 24.8 Å². The monoisotopic (exact) mass is 242 g/mol. The van der Waals surface area contributed by atoms with E-state index < -0.39 is 0 Å². The Labute approximate surface area is 108 Å². The molecular formula is C15H18N2O. The van der Waals surface area contributed by atoms with Gasteiger partial charge in [-0.1, -0.05) is 12.1 Å². The largest absolute Gasteiger partial charge is 0.495 e. The van der Waals surface area contributed by atoms with Gasteiger partial charge in [0.2, 0.25) is 0 Å². The number of hydrogen-bond acceptors (Lipinski definition) is 3. The van der Waals surface area contributed by atoms with E-state index >= 15 is 0 Å². The highest BCUT2D eigenvalue weighted by Gasteiger charge is 2.07. The van der Waals surface area contributed by atoms with Crippen molar-refractivity contribution in [1.29, 1.82) is 0 Å². The Hall–Kier alpha value is -2.16. The quantitative estimate of drug-likeness (QED) is 0.839. The fourth-order valence-corrected chi connectivity index (χ4v) is 1.89. The van der Waals surface area contributed by atoms with Crippen molar-refractivity contribution in [3.8, 4) is 5.75 Å². The molecule has 0 fully saturated rings. The fraction of sp³-hybridized carbons (Fsp3) is 0.200. The van der Waals surface area contributed by atoms with Crippen molar-refractivity contribution < 1.29 is 4.74 Å². The van der Waals surface area contributed by atoms with Crippen molar-refractivity contribution in [2.24, 2.45) is 0 Å². The van der Waals surface area contributed by atoms with Gasteiger partial charge in [-0.2, -0.15) is 0 Å². The van der Waals surface area contributed by atoms with E-state index in [1.54, 1.807) is 7.11 Å². The summed E-state index contributed by atoms with van der Waals surface area (Å²) in [7, 11) is 3.65. The molecule has 0 amide bonds. The van der Waals surface area contributed by atoms with Gasteiger partial charge in [0.15, 0.2) is 0 Å². The van der Waals surface area contributed by atoms with Crippen LogP contribution in [0.1, 0.15) is 5.56 Å². The molecule has 18 heavy (non-hydrogen) atoms. The molecule has 2 N–H and O–H groups in total. The number of methoxy groups -OCH3 is 1. The Morgan fingerprint density at radius 2 is 1.78 bits per heavy atom. The van der Waals surface area contributed by atoms with E-state index in [1.807, 2.05) is 25.2 Å². The smallest absolute Gasteiger partial charge is 0.143 e. The summed E-state index contributed by atoms with van der Waals surface area (Å²) in [5, 5.41) is 0. The van der Waals surface area contributed by atoms with Gasteiger partial charge >= 0.3 is 0 Å². The van der Waals surface area contributed by atoms with Crippen LogP contribution in [0.2, 0.25) is 0 Å². The number of rotatable bonds is 3. The summed E-state index contributed by atoms with van der Waals surface area (Å²) in [6.45, 7) is 2.08. The van der Waals surface area contributed by atoms with Crippen LogP contribution in [-0.4, -0.2) is 14.2 Å². The van der Waals surface area contributed by atoms with E-state index in [0.717, 1.165) is 11.4 Å². The van der Waals surface area contributed by atoms with Crippen molar-refractivity contribution >= 4 is 17.1 Å². The topological polar surface area (TPSA) is 38.5 Å². The second-order valence-electron chi connectivity index (χ2n) is 4.32. The van der Waals surface area contributed by atoms with Crippen LogP contribution in [-0.2, 0) is 0 Å². The molecule has 0 aliphatic rings. The molecule has 0 aliphatic heterocycles. The van der Waals surface area contributed by atoms with E-state index in [2.05, 4.69) is 36.1 Å². The molecule has 3 heteroatoms. The lowest BCUT2D eigenvalue weighted by Gasteiger charge is -2.21. The van der Waals surface area contributed by atoms with Gasteiger partial charge in [-0.3, -0.25) is 0 Å². The number of anilines is 3. The van der Waals surface area contributed by atoms with E-state index in [9.17, 15) is 0 Å². The molecule has 0 unspecified atom stereocenters. The minimum atomic E-state index is 0.652. The molecule has 0 saturated heterocycles. The molecule has 0 aliphatic carbocycles. The van der Waals surface area contributed by atoms with Gasteiger partial charge in [-0.25, -0.2) is 0 Å². The van der Waals surface area contributed by atoms with E-state index in [0.29, 0.717) is 11.4 Å². The Morgan fingerprint density at radius 1 is 1.06 bits per heavy atom. The fourth-order valence-electron chi connectivity index (χ4n) is 1.89. The molecule has 0 atom stereocenters. The van der Waals surface area contributed by atoms with E-state index in [-0.39, 0.29) is 0 Å². The molecular weight excluding hydrogens is 224 g/mol. The van der Waals surface area contributed by atoms with Crippen LogP contribution in [0, 0.1) is 6.92 Å². The lowest BCUT2D eigenvalue weighted by atomic mass is 10.2.